The van der Waals surface area contributed by atoms with Crippen molar-refractivity contribution in [2.24, 2.45) is 18.2 Å². The number of carbonyl (C=O) groups is 2. The van der Waals surface area contributed by atoms with Gasteiger partial charge in [0.2, 0.25) is 5.91 Å². The van der Waals surface area contributed by atoms with E-state index in [4.69, 9.17) is 15.2 Å². The highest BCUT2D eigenvalue weighted by atomic mass is 16.6. The van der Waals surface area contributed by atoms with Gasteiger partial charge in [-0.05, 0) is 11.6 Å². The van der Waals surface area contributed by atoms with Crippen LogP contribution in [-0.4, -0.2) is 28.7 Å². The van der Waals surface area contributed by atoms with Gasteiger partial charge in [-0.15, -0.1) is 0 Å². The van der Waals surface area contributed by atoms with Crippen LogP contribution in [0.2, 0.25) is 0 Å². The predicted molar refractivity (Wildman–Crippen MR) is 96.6 cm³/mol. The van der Waals surface area contributed by atoms with Crippen molar-refractivity contribution in [3.05, 3.63) is 59.4 Å². The van der Waals surface area contributed by atoms with Crippen LogP contribution in [0.3, 0.4) is 0 Å². The summed E-state index contributed by atoms with van der Waals surface area (Å²) in [7, 11) is 1.68. The summed E-state index contributed by atoms with van der Waals surface area (Å²) in [6, 6.07) is 11.4. The molecule has 1 aliphatic carbocycles. The molecule has 1 aliphatic rings. The molecule has 1 heterocycles. The van der Waals surface area contributed by atoms with E-state index in [9.17, 15) is 9.59 Å². The molecule has 0 aliphatic heterocycles. The average Bonchev–Trinajstić information content (AvgIpc) is 3.00. The minimum absolute atomic E-state index is 0.0232. The molecule has 1 saturated carbocycles. The van der Waals surface area contributed by atoms with Crippen LogP contribution in [0, 0.1) is 5.41 Å². The van der Waals surface area contributed by atoms with Crippen molar-refractivity contribution < 1.29 is 19.1 Å². The summed E-state index contributed by atoms with van der Waals surface area (Å²) in [5.41, 5.74) is 6.69. The lowest BCUT2D eigenvalue weighted by atomic mass is 9.66. The van der Waals surface area contributed by atoms with Gasteiger partial charge in [0, 0.05) is 25.1 Å². The number of benzene rings is 1. The lowest BCUT2D eigenvalue weighted by Gasteiger charge is -2.50. The van der Waals surface area contributed by atoms with Crippen LogP contribution in [-0.2, 0) is 23.1 Å². The summed E-state index contributed by atoms with van der Waals surface area (Å²) in [6.07, 6.45) is 1.97. The van der Waals surface area contributed by atoms with Gasteiger partial charge < -0.3 is 19.8 Å². The van der Waals surface area contributed by atoms with Crippen molar-refractivity contribution in [3.8, 4) is 0 Å². The Morgan fingerprint density at radius 1 is 1.23 bits per heavy atom. The number of esters is 1. The van der Waals surface area contributed by atoms with Crippen molar-refractivity contribution in [1.82, 2.24) is 4.57 Å². The van der Waals surface area contributed by atoms with Crippen LogP contribution in [0.4, 0.5) is 0 Å². The number of amides is 1. The van der Waals surface area contributed by atoms with Crippen LogP contribution >= 0.6 is 0 Å². The normalized spacial score (nSPS) is 21.0. The van der Waals surface area contributed by atoms with E-state index in [0.717, 1.165) is 5.56 Å². The van der Waals surface area contributed by atoms with Crippen molar-refractivity contribution >= 4 is 11.9 Å². The molecule has 0 radical (unpaired) electrons. The standard InChI is InChI=1S/C20H24N2O4/c1-20(2)16(25-12-13-7-5-4-6-8-13)10-17(20)26-19(24)15-9-14(18(21)23)11-22(15)3/h4-9,11,16-17H,10,12H2,1-3H3,(H2,21,23)/t16-,17+/m0/s1. The van der Waals surface area contributed by atoms with E-state index >= 15 is 0 Å². The number of aryl methyl sites for hydroxylation is 1. The number of aromatic nitrogens is 1. The van der Waals surface area contributed by atoms with E-state index in [1.165, 1.54) is 12.3 Å². The van der Waals surface area contributed by atoms with E-state index in [1.807, 2.05) is 44.2 Å². The lowest BCUT2D eigenvalue weighted by Crippen LogP contribution is -2.56. The zero-order valence-electron chi connectivity index (χ0n) is 15.3. The van der Waals surface area contributed by atoms with Gasteiger partial charge in [0.15, 0.2) is 0 Å². The molecule has 0 bridgehead atoms. The van der Waals surface area contributed by atoms with E-state index < -0.39 is 11.9 Å². The predicted octanol–water partition coefficient (Wildman–Crippen LogP) is 2.66. The fourth-order valence-corrected chi connectivity index (χ4v) is 3.19. The van der Waals surface area contributed by atoms with Gasteiger partial charge in [-0.25, -0.2) is 4.79 Å². The first kappa shape index (κ1) is 18.2. The van der Waals surface area contributed by atoms with Gasteiger partial charge in [0.1, 0.15) is 11.8 Å². The number of hydrogen-bond acceptors (Lipinski definition) is 4. The van der Waals surface area contributed by atoms with Crippen molar-refractivity contribution in [3.63, 3.8) is 0 Å². The highest BCUT2D eigenvalue weighted by Gasteiger charge is 2.51. The zero-order chi connectivity index (χ0) is 18.9. The molecule has 6 nitrogen and oxygen atoms in total. The molecular formula is C20H24N2O4. The number of rotatable bonds is 6. The number of primary amides is 1. The maximum absolute atomic E-state index is 12.4. The molecule has 6 heteroatoms. The molecule has 0 unspecified atom stereocenters. The highest BCUT2D eigenvalue weighted by molar-refractivity contribution is 5.96. The molecule has 1 amide bonds. The molecule has 0 saturated heterocycles. The molecule has 138 valence electrons. The largest absolute Gasteiger partial charge is 0.457 e. The number of ether oxygens (including phenoxy) is 2. The van der Waals surface area contributed by atoms with E-state index in [-0.39, 0.29) is 23.2 Å². The van der Waals surface area contributed by atoms with E-state index in [0.29, 0.717) is 18.7 Å². The monoisotopic (exact) mass is 356 g/mol. The first-order valence-electron chi connectivity index (χ1n) is 8.61. The third-order valence-electron chi connectivity index (χ3n) is 5.13. The molecule has 0 spiro atoms. The fraction of sp³-hybridized carbons (Fsp3) is 0.400. The van der Waals surface area contributed by atoms with Crippen LogP contribution in [0.1, 0.15) is 46.7 Å². The number of nitrogens with zero attached hydrogens (tertiary/aromatic N) is 1. The lowest BCUT2D eigenvalue weighted by molar-refractivity contribution is -0.181. The minimum atomic E-state index is -0.571. The Bertz CT molecular complexity index is 810. The van der Waals surface area contributed by atoms with E-state index in [2.05, 4.69) is 0 Å². The van der Waals surface area contributed by atoms with Crippen LogP contribution in [0.25, 0.3) is 0 Å². The number of nitrogens with two attached hydrogens (primary N) is 1. The van der Waals surface area contributed by atoms with Crippen LogP contribution in [0.5, 0.6) is 0 Å². The van der Waals surface area contributed by atoms with Crippen molar-refractivity contribution in [2.45, 2.75) is 39.1 Å². The summed E-state index contributed by atoms with van der Waals surface area (Å²) in [4.78, 5) is 23.7. The Morgan fingerprint density at radius 2 is 1.92 bits per heavy atom. The second kappa shape index (κ2) is 6.96. The number of carbonyl (C=O) groups excluding carboxylic acids is 2. The average molecular weight is 356 g/mol. The van der Waals surface area contributed by atoms with E-state index in [1.54, 1.807) is 11.6 Å². The Labute approximate surface area is 152 Å². The van der Waals surface area contributed by atoms with Crippen molar-refractivity contribution in [1.29, 1.82) is 0 Å². The first-order valence-corrected chi connectivity index (χ1v) is 8.61. The van der Waals surface area contributed by atoms with Crippen molar-refractivity contribution in [2.75, 3.05) is 0 Å². The second-order valence-electron chi connectivity index (χ2n) is 7.33. The summed E-state index contributed by atoms with van der Waals surface area (Å²) >= 11 is 0. The quantitative estimate of drug-likeness (QED) is 0.807. The number of hydrogen-bond donors (Lipinski definition) is 1. The molecule has 1 aromatic heterocycles. The van der Waals surface area contributed by atoms with Gasteiger partial charge in [0.05, 0.1) is 18.3 Å². The molecule has 2 aromatic rings. The van der Waals surface area contributed by atoms with Gasteiger partial charge in [0.25, 0.3) is 0 Å². The summed E-state index contributed by atoms with van der Waals surface area (Å²) < 4.78 is 13.2. The molecule has 1 aromatic carbocycles. The topological polar surface area (TPSA) is 83.6 Å². The highest BCUT2D eigenvalue weighted by Crippen LogP contribution is 2.45. The molecule has 2 atom stereocenters. The van der Waals surface area contributed by atoms with Gasteiger partial charge in [-0.2, -0.15) is 0 Å². The smallest absolute Gasteiger partial charge is 0.355 e. The summed E-state index contributed by atoms with van der Waals surface area (Å²) in [6.45, 7) is 4.60. The molecular weight excluding hydrogens is 332 g/mol. The maximum atomic E-state index is 12.4. The SMILES string of the molecule is Cn1cc(C(N)=O)cc1C(=O)O[C@@H]1C[C@H](OCc2ccccc2)C1(C)C. The first-order chi connectivity index (χ1) is 12.3. The minimum Gasteiger partial charge on any atom is -0.457 e. The van der Waals surface area contributed by atoms with Crippen LogP contribution in [0.15, 0.2) is 42.6 Å². The van der Waals surface area contributed by atoms with Gasteiger partial charge >= 0.3 is 5.97 Å². The Balaban J connectivity index is 1.58. The van der Waals surface area contributed by atoms with Crippen LogP contribution < -0.4 is 5.73 Å². The second-order valence-corrected chi connectivity index (χ2v) is 7.33. The fourth-order valence-electron chi connectivity index (χ4n) is 3.19. The Hall–Kier alpha value is -2.60. The maximum Gasteiger partial charge on any atom is 0.355 e. The zero-order valence-corrected chi connectivity index (χ0v) is 15.3. The third kappa shape index (κ3) is 3.51. The summed E-state index contributed by atoms with van der Waals surface area (Å²) in [5, 5.41) is 0. The molecule has 1 fully saturated rings. The summed E-state index contributed by atoms with van der Waals surface area (Å²) in [5.74, 6) is -1.03. The van der Waals surface area contributed by atoms with Gasteiger partial charge in [-0.1, -0.05) is 44.2 Å². The van der Waals surface area contributed by atoms with Gasteiger partial charge in [-0.3, -0.25) is 4.79 Å². The molecule has 2 N–H and O–H groups in total. The molecule has 3 rings (SSSR count). The third-order valence-corrected chi connectivity index (χ3v) is 5.13. The molecule has 26 heavy (non-hydrogen) atoms. The Morgan fingerprint density at radius 3 is 2.50 bits per heavy atom. The Kier molecular flexibility index (Phi) is 4.87.